The molecule has 0 unspecified atom stereocenters. The summed E-state index contributed by atoms with van der Waals surface area (Å²) in [7, 11) is 1.98. The lowest BCUT2D eigenvalue weighted by Crippen LogP contribution is -2.59. The first kappa shape index (κ1) is 19.3. The van der Waals surface area contributed by atoms with Crippen molar-refractivity contribution in [2.75, 3.05) is 19.6 Å². The highest BCUT2D eigenvalue weighted by Gasteiger charge is 2.52. The average Bonchev–Trinajstić information content (AvgIpc) is 3.44. The molecule has 1 aromatic heterocycles. The predicted molar refractivity (Wildman–Crippen MR) is 111 cm³/mol. The van der Waals surface area contributed by atoms with E-state index in [1.165, 1.54) is 5.57 Å². The number of hydrogen-bond acceptors (Lipinski definition) is 5. The van der Waals surface area contributed by atoms with Crippen LogP contribution in [0.2, 0.25) is 0 Å². The van der Waals surface area contributed by atoms with Gasteiger partial charge in [-0.25, -0.2) is 10.5 Å². The van der Waals surface area contributed by atoms with Gasteiger partial charge in [0, 0.05) is 26.7 Å². The molecular weight excluding hydrogens is 382 g/mol. The zero-order chi connectivity index (χ0) is 20.9. The van der Waals surface area contributed by atoms with E-state index in [4.69, 9.17) is 5.21 Å². The summed E-state index contributed by atoms with van der Waals surface area (Å²) >= 11 is 0. The SMILES string of the molecule is Cn1cnc2ccc(C3=CCN(C(=O)[C@H]4NCC5(CC5)C[C@@H]4C(=O)NO)CC3)cc21. The Morgan fingerprint density at radius 1 is 1.33 bits per heavy atom. The number of amides is 2. The number of carbonyl (C=O) groups is 2. The van der Waals surface area contributed by atoms with Gasteiger partial charge >= 0.3 is 0 Å². The van der Waals surface area contributed by atoms with Crippen LogP contribution < -0.4 is 10.8 Å². The highest BCUT2D eigenvalue weighted by atomic mass is 16.5. The van der Waals surface area contributed by atoms with Crippen molar-refractivity contribution < 1.29 is 14.8 Å². The molecule has 2 amide bonds. The number of hydrogen-bond donors (Lipinski definition) is 3. The van der Waals surface area contributed by atoms with Crippen molar-refractivity contribution in [2.45, 2.75) is 31.7 Å². The number of rotatable bonds is 3. The Morgan fingerprint density at radius 2 is 2.17 bits per heavy atom. The first-order chi connectivity index (χ1) is 14.5. The predicted octanol–water partition coefficient (Wildman–Crippen LogP) is 1.45. The van der Waals surface area contributed by atoms with Crippen molar-refractivity contribution in [3.63, 3.8) is 0 Å². The van der Waals surface area contributed by atoms with E-state index in [9.17, 15) is 9.59 Å². The van der Waals surface area contributed by atoms with Gasteiger partial charge < -0.3 is 14.8 Å². The average molecular weight is 409 g/mol. The molecule has 1 spiro atoms. The van der Waals surface area contributed by atoms with Crippen molar-refractivity contribution >= 4 is 28.4 Å². The first-order valence-electron chi connectivity index (χ1n) is 10.6. The summed E-state index contributed by atoms with van der Waals surface area (Å²) in [5.41, 5.74) is 6.33. The molecule has 3 aliphatic rings. The second-order valence-corrected chi connectivity index (χ2v) is 8.97. The van der Waals surface area contributed by atoms with Crippen LogP contribution >= 0.6 is 0 Å². The lowest BCUT2D eigenvalue weighted by Gasteiger charge is -2.38. The number of nitrogens with one attached hydrogen (secondary N) is 2. The molecule has 2 fully saturated rings. The Kier molecular flexibility index (Phi) is 4.63. The smallest absolute Gasteiger partial charge is 0.248 e. The van der Waals surface area contributed by atoms with Gasteiger partial charge in [-0.05, 0) is 54.4 Å². The number of benzene rings is 1. The molecule has 1 saturated heterocycles. The van der Waals surface area contributed by atoms with E-state index in [0.717, 1.165) is 42.4 Å². The molecule has 1 aromatic carbocycles. The zero-order valence-corrected chi connectivity index (χ0v) is 17.1. The monoisotopic (exact) mass is 409 g/mol. The van der Waals surface area contributed by atoms with E-state index in [1.54, 1.807) is 5.48 Å². The number of imidazole rings is 1. The largest absolute Gasteiger partial charge is 0.337 e. The van der Waals surface area contributed by atoms with Gasteiger partial charge in [0.05, 0.1) is 29.3 Å². The van der Waals surface area contributed by atoms with Gasteiger partial charge in [0.1, 0.15) is 0 Å². The van der Waals surface area contributed by atoms with E-state index in [-0.39, 0.29) is 11.3 Å². The fourth-order valence-electron chi connectivity index (χ4n) is 4.92. The summed E-state index contributed by atoms with van der Waals surface area (Å²) in [5.74, 6) is -1.06. The molecule has 3 N–H and O–H groups in total. The zero-order valence-electron chi connectivity index (χ0n) is 17.1. The fraction of sp³-hybridized carbons (Fsp3) is 0.500. The van der Waals surface area contributed by atoms with Gasteiger partial charge in [-0.3, -0.25) is 14.8 Å². The number of nitrogens with zero attached hydrogens (tertiary/aromatic N) is 3. The van der Waals surface area contributed by atoms with E-state index < -0.39 is 17.9 Å². The molecule has 2 aliphatic heterocycles. The Balaban J connectivity index is 1.31. The summed E-state index contributed by atoms with van der Waals surface area (Å²) in [5, 5.41) is 12.5. The Morgan fingerprint density at radius 3 is 2.87 bits per heavy atom. The lowest BCUT2D eigenvalue weighted by atomic mass is 9.81. The van der Waals surface area contributed by atoms with Crippen molar-refractivity contribution in [1.82, 2.24) is 25.2 Å². The molecule has 1 aliphatic carbocycles. The van der Waals surface area contributed by atoms with Crippen LogP contribution in [-0.4, -0.2) is 57.1 Å². The minimum Gasteiger partial charge on any atom is -0.337 e. The molecule has 8 heteroatoms. The quantitative estimate of drug-likeness (QED) is 0.526. The summed E-state index contributed by atoms with van der Waals surface area (Å²) < 4.78 is 2.01. The van der Waals surface area contributed by atoms with E-state index in [0.29, 0.717) is 19.5 Å². The lowest BCUT2D eigenvalue weighted by molar-refractivity contribution is -0.144. The van der Waals surface area contributed by atoms with Crippen LogP contribution in [0.15, 0.2) is 30.6 Å². The topological polar surface area (TPSA) is 99.5 Å². The van der Waals surface area contributed by atoms with E-state index in [1.807, 2.05) is 28.9 Å². The van der Waals surface area contributed by atoms with Gasteiger partial charge in [0.15, 0.2) is 0 Å². The van der Waals surface area contributed by atoms with Gasteiger partial charge in [-0.15, -0.1) is 0 Å². The van der Waals surface area contributed by atoms with Crippen molar-refractivity contribution in [2.24, 2.45) is 18.4 Å². The van der Waals surface area contributed by atoms with Crippen LogP contribution in [0.4, 0.5) is 0 Å². The highest BCUT2D eigenvalue weighted by molar-refractivity contribution is 5.91. The molecular formula is C22H27N5O3. The Hall–Kier alpha value is -2.71. The van der Waals surface area contributed by atoms with Crippen LogP contribution in [0, 0.1) is 11.3 Å². The minimum atomic E-state index is -0.580. The second-order valence-electron chi connectivity index (χ2n) is 8.97. The maximum Gasteiger partial charge on any atom is 0.248 e. The summed E-state index contributed by atoms with van der Waals surface area (Å²) in [6.45, 7) is 1.90. The van der Waals surface area contributed by atoms with Gasteiger partial charge in [-0.1, -0.05) is 12.1 Å². The number of piperidine rings is 1. The Labute approximate surface area is 174 Å². The fourth-order valence-corrected chi connectivity index (χ4v) is 4.92. The maximum atomic E-state index is 13.2. The van der Waals surface area contributed by atoms with E-state index in [2.05, 4.69) is 28.5 Å². The van der Waals surface area contributed by atoms with Crippen molar-refractivity contribution in [3.05, 3.63) is 36.2 Å². The number of aryl methyl sites for hydroxylation is 1. The number of carbonyl (C=O) groups excluding carboxylic acids is 2. The van der Waals surface area contributed by atoms with Crippen LogP contribution in [0.1, 0.15) is 31.2 Å². The molecule has 5 rings (SSSR count). The van der Waals surface area contributed by atoms with Gasteiger partial charge in [-0.2, -0.15) is 0 Å². The highest BCUT2D eigenvalue weighted by Crippen LogP contribution is 2.52. The summed E-state index contributed by atoms with van der Waals surface area (Å²) in [6.07, 6.45) is 7.49. The number of aromatic nitrogens is 2. The van der Waals surface area contributed by atoms with Crippen LogP contribution in [0.25, 0.3) is 16.6 Å². The Bertz CT molecular complexity index is 1040. The van der Waals surface area contributed by atoms with Crippen LogP contribution in [0.5, 0.6) is 0 Å². The molecule has 2 aromatic rings. The van der Waals surface area contributed by atoms with Gasteiger partial charge in [0.2, 0.25) is 11.8 Å². The maximum absolute atomic E-state index is 13.2. The van der Waals surface area contributed by atoms with Crippen LogP contribution in [0.3, 0.4) is 0 Å². The molecule has 0 radical (unpaired) electrons. The number of hydroxylamine groups is 1. The molecule has 3 heterocycles. The van der Waals surface area contributed by atoms with Crippen LogP contribution in [-0.2, 0) is 16.6 Å². The van der Waals surface area contributed by atoms with Crippen molar-refractivity contribution in [1.29, 1.82) is 0 Å². The summed E-state index contributed by atoms with van der Waals surface area (Å²) in [4.78, 5) is 31.6. The summed E-state index contributed by atoms with van der Waals surface area (Å²) in [6, 6.07) is 5.67. The molecule has 158 valence electrons. The normalized spacial score (nSPS) is 25.3. The number of fused-ring (bicyclic) bond motifs is 1. The molecule has 2 atom stereocenters. The van der Waals surface area contributed by atoms with Gasteiger partial charge in [0.25, 0.3) is 0 Å². The molecule has 0 bridgehead atoms. The molecule has 1 saturated carbocycles. The van der Waals surface area contributed by atoms with E-state index >= 15 is 0 Å². The third-order valence-electron chi connectivity index (χ3n) is 7.04. The second kappa shape index (κ2) is 7.21. The third kappa shape index (κ3) is 3.30. The standard InChI is InChI=1S/C22H27N5O3/c1-26-13-24-17-3-2-15(10-18(17)26)14-4-8-27(9-5-14)21(29)19-16(20(28)25-30)11-22(6-7-22)12-23-19/h2-4,10,13,16,19,23,30H,5-9,11-12H2,1H3,(H,25,28)/t16-,19-/m0/s1. The minimum absolute atomic E-state index is 0.0588. The molecule has 30 heavy (non-hydrogen) atoms. The van der Waals surface area contributed by atoms with Crippen molar-refractivity contribution in [3.8, 4) is 0 Å². The first-order valence-corrected chi connectivity index (χ1v) is 10.6. The third-order valence-corrected chi connectivity index (χ3v) is 7.04. The molecule has 8 nitrogen and oxygen atoms in total.